The summed E-state index contributed by atoms with van der Waals surface area (Å²) in [5, 5.41) is 0. The Labute approximate surface area is 119 Å². The minimum Gasteiger partial charge on any atom is -0.493 e. The fraction of sp³-hybridized carbons (Fsp3) is 0.500. The van der Waals surface area contributed by atoms with E-state index in [-0.39, 0.29) is 0 Å². The highest BCUT2D eigenvalue weighted by molar-refractivity contribution is 7.80. The van der Waals surface area contributed by atoms with Gasteiger partial charge in [-0.25, -0.2) is 0 Å². The van der Waals surface area contributed by atoms with Crippen LogP contribution in [-0.4, -0.2) is 38.0 Å². The zero-order valence-electron chi connectivity index (χ0n) is 11.3. The highest BCUT2D eigenvalue weighted by atomic mass is 32.1. The van der Waals surface area contributed by atoms with Crippen molar-refractivity contribution in [3.8, 4) is 5.75 Å². The largest absolute Gasteiger partial charge is 0.493 e. The minimum absolute atomic E-state index is 0.351. The van der Waals surface area contributed by atoms with E-state index in [0.29, 0.717) is 31.4 Å². The summed E-state index contributed by atoms with van der Waals surface area (Å²) >= 11 is 4.97. The zero-order chi connectivity index (χ0) is 13.9. The molecular weight excluding hydrogens is 262 g/mol. The van der Waals surface area contributed by atoms with Gasteiger partial charge in [-0.1, -0.05) is 24.4 Å². The van der Waals surface area contributed by atoms with Crippen LogP contribution in [0.2, 0.25) is 0 Å². The maximum absolute atomic E-state index is 5.65. The normalized spacial score (nSPS) is 10.4. The van der Waals surface area contributed by atoms with E-state index < -0.39 is 0 Å². The second-order valence-corrected chi connectivity index (χ2v) is 4.31. The molecule has 0 saturated heterocycles. The molecule has 1 aromatic rings. The first kappa shape index (κ1) is 15.9. The van der Waals surface area contributed by atoms with Crippen LogP contribution in [0.1, 0.15) is 18.9 Å². The molecule has 0 aliphatic heterocycles. The third-order valence-electron chi connectivity index (χ3n) is 2.42. The topological polar surface area (TPSA) is 53.7 Å². The minimum atomic E-state index is 0.351. The lowest BCUT2D eigenvalue weighted by molar-refractivity contribution is 0.0482. The van der Waals surface area contributed by atoms with Crippen molar-refractivity contribution in [2.24, 2.45) is 5.73 Å². The summed E-state index contributed by atoms with van der Waals surface area (Å²) in [6.07, 6.45) is 0.817. The Morgan fingerprint density at radius 1 is 1.11 bits per heavy atom. The van der Waals surface area contributed by atoms with Gasteiger partial charge in [0.15, 0.2) is 0 Å². The van der Waals surface area contributed by atoms with Crippen molar-refractivity contribution in [3.63, 3.8) is 0 Å². The summed E-state index contributed by atoms with van der Waals surface area (Å²) < 4.78 is 16.2. The second kappa shape index (κ2) is 9.72. The summed E-state index contributed by atoms with van der Waals surface area (Å²) in [6.45, 7) is 5.19. The Balaban J connectivity index is 2.17. The van der Waals surface area contributed by atoms with E-state index in [0.717, 1.165) is 24.3 Å². The Morgan fingerprint density at radius 2 is 1.84 bits per heavy atom. The lowest BCUT2D eigenvalue weighted by atomic mass is 10.2. The molecule has 0 atom stereocenters. The molecule has 0 fully saturated rings. The number of nitrogens with two attached hydrogens (primary N) is 1. The molecule has 2 N–H and O–H groups in total. The first-order chi connectivity index (χ1) is 9.25. The van der Waals surface area contributed by atoms with Crippen molar-refractivity contribution in [1.29, 1.82) is 0 Å². The number of hydrogen-bond donors (Lipinski definition) is 1. The van der Waals surface area contributed by atoms with E-state index in [1.807, 2.05) is 31.2 Å². The van der Waals surface area contributed by atoms with Gasteiger partial charge in [-0.15, -0.1) is 0 Å². The van der Waals surface area contributed by atoms with Crippen LogP contribution in [0.5, 0.6) is 5.75 Å². The summed E-state index contributed by atoms with van der Waals surface area (Å²) in [5.74, 6) is 0.726. The molecule has 4 nitrogen and oxygen atoms in total. The molecule has 0 aliphatic rings. The second-order valence-electron chi connectivity index (χ2n) is 3.87. The fourth-order valence-corrected chi connectivity index (χ4v) is 1.67. The van der Waals surface area contributed by atoms with Crippen LogP contribution in [0.4, 0.5) is 0 Å². The van der Waals surface area contributed by atoms with E-state index >= 15 is 0 Å². The Bertz CT molecular complexity index is 385. The number of ether oxygens (including phenoxy) is 3. The maximum atomic E-state index is 5.65. The fourth-order valence-electron chi connectivity index (χ4n) is 1.50. The molecule has 0 amide bonds. The molecule has 1 aromatic carbocycles. The van der Waals surface area contributed by atoms with Gasteiger partial charge in [-0.3, -0.25) is 0 Å². The van der Waals surface area contributed by atoms with Gasteiger partial charge in [0, 0.05) is 19.6 Å². The van der Waals surface area contributed by atoms with Gasteiger partial charge in [0.2, 0.25) is 0 Å². The molecule has 0 bridgehead atoms. The molecule has 0 aromatic heterocycles. The van der Waals surface area contributed by atoms with Crippen molar-refractivity contribution in [3.05, 3.63) is 29.8 Å². The van der Waals surface area contributed by atoms with Crippen LogP contribution < -0.4 is 10.5 Å². The van der Waals surface area contributed by atoms with Gasteiger partial charge in [0.25, 0.3) is 0 Å². The standard InChI is InChI=1S/C14H21NO3S/c1-2-16-10-11-17-8-5-9-18-13-7-4-3-6-12(13)14(15)19/h3-4,6-7H,2,5,8-11H2,1H3,(H2,15,19). The predicted octanol–water partition coefficient (Wildman–Crippen LogP) is 2.14. The molecular formula is C14H21NO3S. The number of para-hydroxylation sites is 1. The monoisotopic (exact) mass is 283 g/mol. The van der Waals surface area contributed by atoms with E-state index in [4.69, 9.17) is 32.2 Å². The zero-order valence-corrected chi connectivity index (χ0v) is 12.1. The first-order valence-corrected chi connectivity index (χ1v) is 6.83. The van der Waals surface area contributed by atoms with Gasteiger partial charge in [0.1, 0.15) is 10.7 Å². The highest BCUT2D eigenvalue weighted by Gasteiger charge is 2.04. The van der Waals surface area contributed by atoms with E-state index in [1.54, 1.807) is 0 Å². The van der Waals surface area contributed by atoms with Crippen molar-refractivity contribution in [2.45, 2.75) is 13.3 Å². The Kier molecular flexibility index (Phi) is 8.13. The maximum Gasteiger partial charge on any atom is 0.129 e. The number of benzene rings is 1. The lowest BCUT2D eigenvalue weighted by Gasteiger charge is -2.10. The molecule has 0 heterocycles. The summed E-state index contributed by atoms with van der Waals surface area (Å²) in [5.41, 5.74) is 6.40. The van der Waals surface area contributed by atoms with Crippen molar-refractivity contribution in [2.75, 3.05) is 33.0 Å². The summed E-state index contributed by atoms with van der Waals surface area (Å²) in [7, 11) is 0. The highest BCUT2D eigenvalue weighted by Crippen LogP contribution is 2.17. The Hall–Kier alpha value is -1.17. The molecule has 0 saturated carbocycles. The van der Waals surface area contributed by atoms with Crippen LogP contribution in [0.15, 0.2) is 24.3 Å². The van der Waals surface area contributed by atoms with Crippen LogP contribution in [0.25, 0.3) is 0 Å². The van der Waals surface area contributed by atoms with E-state index in [1.165, 1.54) is 0 Å². The van der Waals surface area contributed by atoms with Crippen molar-refractivity contribution < 1.29 is 14.2 Å². The molecule has 19 heavy (non-hydrogen) atoms. The summed E-state index contributed by atoms with van der Waals surface area (Å²) in [6, 6.07) is 7.51. The smallest absolute Gasteiger partial charge is 0.129 e. The first-order valence-electron chi connectivity index (χ1n) is 6.42. The van der Waals surface area contributed by atoms with Gasteiger partial charge in [0.05, 0.1) is 25.4 Å². The molecule has 0 radical (unpaired) electrons. The van der Waals surface area contributed by atoms with Crippen LogP contribution in [-0.2, 0) is 9.47 Å². The van der Waals surface area contributed by atoms with E-state index in [2.05, 4.69) is 0 Å². The molecule has 1 rings (SSSR count). The Morgan fingerprint density at radius 3 is 2.58 bits per heavy atom. The number of rotatable bonds is 10. The molecule has 5 heteroatoms. The van der Waals surface area contributed by atoms with Gasteiger partial charge < -0.3 is 19.9 Å². The van der Waals surface area contributed by atoms with E-state index in [9.17, 15) is 0 Å². The summed E-state index contributed by atoms with van der Waals surface area (Å²) in [4.78, 5) is 0.351. The molecule has 0 spiro atoms. The van der Waals surface area contributed by atoms with Crippen LogP contribution >= 0.6 is 12.2 Å². The third kappa shape index (κ3) is 6.52. The van der Waals surface area contributed by atoms with Gasteiger partial charge in [-0.05, 0) is 19.1 Å². The third-order valence-corrected chi connectivity index (χ3v) is 2.64. The van der Waals surface area contributed by atoms with Gasteiger partial charge >= 0.3 is 0 Å². The number of hydrogen-bond acceptors (Lipinski definition) is 4. The van der Waals surface area contributed by atoms with Crippen LogP contribution in [0, 0.1) is 0 Å². The lowest BCUT2D eigenvalue weighted by Crippen LogP contribution is -2.13. The molecule has 0 unspecified atom stereocenters. The molecule has 106 valence electrons. The molecule has 0 aliphatic carbocycles. The quantitative estimate of drug-likeness (QED) is 0.527. The SMILES string of the molecule is CCOCCOCCCOc1ccccc1C(N)=S. The number of thiocarbonyl (C=S) groups is 1. The van der Waals surface area contributed by atoms with Gasteiger partial charge in [-0.2, -0.15) is 0 Å². The average molecular weight is 283 g/mol. The van der Waals surface area contributed by atoms with Crippen molar-refractivity contribution >= 4 is 17.2 Å². The average Bonchev–Trinajstić information content (AvgIpc) is 2.42. The van der Waals surface area contributed by atoms with Crippen molar-refractivity contribution in [1.82, 2.24) is 0 Å². The predicted molar refractivity (Wildman–Crippen MR) is 79.8 cm³/mol. The van der Waals surface area contributed by atoms with Crippen LogP contribution in [0.3, 0.4) is 0 Å².